The van der Waals surface area contributed by atoms with Crippen molar-refractivity contribution in [3.05, 3.63) is 77.0 Å². The summed E-state index contributed by atoms with van der Waals surface area (Å²) in [5.41, 5.74) is 0.870. The number of nitrogens with one attached hydrogen (secondary N) is 1. The highest BCUT2D eigenvalue weighted by Crippen LogP contribution is 2.64. The molecular formula is C26H24F3N3O. The average molecular weight is 451 g/mol. The first kappa shape index (κ1) is 21.6. The second kappa shape index (κ2) is 7.97. The van der Waals surface area contributed by atoms with Crippen LogP contribution < -0.4 is 5.32 Å². The number of carbonyl (C=O) groups is 1. The van der Waals surface area contributed by atoms with Gasteiger partial charge in [0, 0.05) is 6.20 Å². The predicted octanol–water partition coefficient (Wildman–Crippen LogP) is 6.42. The van der Waals surface area contributed by atoms with Crippen LogP contribution in [-0.4, -0.2) is 15.9 Å². The quantitative estimate of drug-likeness (QED) is 0.498. The third-order valence-electron chi connectivity index (χ3n) is 7.26. The molecule has 7 heteroatoms. The summed E-state index contributed by atoms with van der Waals surface area (Å²) in [5.74, 6) is -2.23. The molecule has 1 N–H and O–H groups in total. The van der Waals surface area contributed by atoms with Gasteiger partial charge in [0.15, 0.2) is 0 Å². The second-order valence-corrected chi connectivity index (χ2v) is 9.53. The molecule has 3 aromatic rings. The van der Waals surface area contributed by atoms with E-state index in [1.807, 2.05) is 6.07 Å². The van der Waals surface area contributed by atoms with Crippen LogP contribution in [0, 0.1) is 35.7 Å². The van der Waals surface area contributed by atoms with Crippen molar-refractivity contribution in [2.75, 3.05) is 5.32 Å². The lowest BCUT2D eigenvalue weighted by molar-refractivity contribution is 0.102. The van der Waals surface area contributed by atoms with Crippen LogP contribution in [0.25, 0.3) is 11.3 Å². The molecule has 0 aliphatic heterocycles. The SMILES string of the molecule is Cc1ccc(F)c(-c2nc(C(=O)Nc3cnccc3C3CCC4CC4(C)C3)ccc2F)c1F. The van der Waals surface area contributed by atoms with Crippen molar-refractivity contribution in [1.82, 2.24) is 9.97 Å². The number of rotatable bonds is 4. The minimum atomic E-state index is -0.944. The van der Waals surface area contributed by atoms with Gasteiger partial charge in [0.05, 0.1) is 17.4 Å². The van der Waals surface area contributed by atoms with Gasteiger partial charge in [-0.15, -0.1) is 0 Å². The Bertz CT molecular complexity index is 1260. The molecule has 33 heavy (non-hydrogen) atoms. The molecule has 1 aromatic carbocycles. The van der Waals surface area contributed by atoms with Crippen molar-refractivity contribution >= 4 is 11.6 Å². The molecule has 3 atom stereocenters. The molecule has 0 spiro atoms. The summed E-state index contributed by atoms with van der Waals surface area (Å²) in [7, 11) is 0. The Kier molecular flexibility index (Phi) is 5.22. The zero-order valence-corrected chi connectivity index (χ0v) is 18.5. The van der Waals surface area contributed by atoms with Crippen LogP contribution in [-0.2, 0) is 0 Å². The van der Waals surface area contributed by atoms with Crippen molar-refractivity contribution in [3.63, 3.8) is 0 Å². The van der Waals surface area contributed by atoms with Crippen molar-refractivity contribution in [2.24, 2.45) is 11.3 Å². The lowest BCUT2D eigenvalue weighted by Gasteiger charge is -2.28. The van der Waals surface area contributed by atoms with E-state index in [-0.39, 0.29) is 11.3 Å². The first-order valence-corrected chi connectivity index (χ1v) is 11.1. The molecule has 4 nitrogen and oxygen atoms in total. The van der Waals surface area contributed by atoms with Crippen molar-refractivity contribution in [1.29, 1.82) is 0 Å². The first-order valence-electron chi connectivity index (χ1n) is 11.1. The monoisotopic (exact) mass is 451 g/mol. The van der Waals surface area contributed by atoms with Crippen LogP contribution in [0.5, 0.6) is 0 Å². The van der Waals surface area contributed by atoms with Gasteiger partial charge in [0.2, 0.25) is 0 Å². The molecule has 2 aliphatic rings. The van der Waals surface area contributed by atoms with E-state index in [2.05, 4.69) is 22.2 Å². The zero-order chi connectivity index (χ0) is 23.3. The highest BCUT2D eigenvalue weighted by Gasteiger charge is 2.53. The van der Waals surface area contributed by atoms with Crippen LogP contribution >= 0.6 is 0 Å². The van der Waals surface area contributed by atoms with Crippen LogP contribution in [0.1, 0.15) is 60.1 Å². The summed E-state index contributed by atoms with van der Waals surface area (Å²) >= 11 is 0. The number of aryl methyl sites for hydroxylation is 1. The van der Waals surface area contributed by atoms with Gasteiger partial charge in [-0.3, -0.25) is 9.78 Å². The number of carbonyl (C=O) groups excluding carboxylic acids is 1. The average Bonchev–Trinajstić information content (AvgIpc) is 3.48. The van der Waals surface area contributed by atoms with Gasteiger partial charge in [-0.05, 0) is 85.3 Å². The molecule has 1 amide bonds. The van der Waals surface area contributed by atoms with E-state index in [0.29, 0.717) is 17.0 Å². The molecule has 2 heterocycles. The first-order chi connectivity index (χ1) is 15.8. The Labute approximate surface area is 190 Å². The van der Waals surface area contributed by atoms with Gasteiger partial charge in [-0.25, -0.2) is 18.2 Å². The maximum atomic E-state index is 14.6. The Hall–Kier alpha value is -3.22. The number of aromatic nitrogens is 2. The molecule has 3 unspecified atom stereocenters. The summed E-state index contributed by atoms with van der Waals surface area (Å²) in [6.45, 7) is 3.77. The third-order valence-corrected chi connectivity index (χ3v) is 7.26. The fourth-order valence-corrected chi connectivity index (χ4v) is 5.21. The maximum absolute atomic E-state index is 14.6. The van der Waals surface area contributed by atoms with Gasteiger partial charge < -0.3 is 5.32 Å². The molecule has 5 rings (SSSR count). The number of nitrogens with zero attached hydrogens (tertiary/aromatic N) is 2. The minimum Gasteiger partial charge on any atom is -0.319 e. The number of fused-ring (bicyclic) bond motifs is 1. The van der Waals surface area contributed by atoms with Gasteiger partial charge in [0.1, 0.15) is 28.8 Å². The molecule has 2 fully saturated rings. The fraction of sp³-hybridized carbons (Fsp3) is 0.346. The Balaban J connectivity index is 1.44. The molecule has 0 radical (unpaired) electrons. The summed E-state index contributed by atoms with van der Waals surface area (Å²) in [6.07, 6.45) is 7.86. The lowest BCUT2D eigenvalue weighted by Crippen LogP contribution is -2.19. The maximum Gasteiger partial charge on any atom is 0.274 e. The Morgan fingerprint density at radius 1 is 1.06 bits per heavy atom. The Morgan fingerprint density at radius 2 is 1.85 bits per heavy atom. The van der Waals surface area contributed by atoms with Crippen LogP contribution in [0.15, 0.2) is 42.7 Å². The normalized spacial score (nSPS) is 23.7. The number of halogens is 3. The van der Waals surface area contributed by atoms with E-state index < -0.39 is 34.6 Å². The molecule has 170 valence electrons. The van der Waals surface area contributed by atoms with Crippen molar-refractivity contribution in [2.45, 2.75) is 45.4 Å². The molecule has 2 saturated carbocycles. The molecule has 0 saturated heterocycles. The molecule has 2 aliphatic carbocycles. The summed E-state index contributed by atoms with van der Waals surface area (Å²) in [4.78, 5) is 21.1. The lowest BCUT2D eigenvalue weighted by atomic mass is 9.78. The van der Waals surface area contributed by atoms with Gasteiger partial charge >= 0.3 is 0 Å². The highest BCUT2D eigenvalue weighted by atomic mass is 19.1. The van der Waals surface area contributed by atoms with E-state index in [4.69, 9.17) is 0 Å². The van der Waals surface area contributed by atoms with Gasteiger partial charge in [-0.1, -0.05) is 13.0 Å². The van der Waals surface area contributed by atoms with Crippen LogP contribution in [0.4, 0.5) is 18.9 Å². The highest BCUT2D eigenvalue weighted by molar-refractivity contribution is 6.03. The fourth-order valence-electron chi connectivity index (χ4n) is 5.21. The summed E-state index contributed by atoms with van der Waals surface area (Å²) < 4.78 is 43.4. The number of hydrogen-bond acceptors (Lipinski definition) is 3. The third kappa shape index (κ3) is 3.90. The van der Waals surface area contributed by atoms with Gasteiger partial charge in [0.25, 0.3) is 5.91 Å². The van der Waals surface area contributed by atoms with E-state index >= 15 is 0 Å². The standard InChI is InChI=1S/C26H24F3N3O/c1-14-3-6-18(27)22(23(14)29)24-19(28)7-8-20(31-24)25(33)32-21-13-30-10-9-17(21)15-4-5-16-12-26(16,2)11-15/h3,6-10,13,15-16H,4-5,11-12H2,1-2H3,(H,32,33). The molecule has 2 aromatic heterocycles. The number of pyridine rings is 2. The topological polar surface area (TPSA) is 54.9 Å². The van der Waals surface area contributed by atoms with E-state index in [0.717, 1.165) is 36.5 Å². The van der Waals surface area contributed by atoms with Crippen molar-refractivity contribution < 1.29 is 18.0 Å². The van der Waals surface area contributed by atoms with Crippen LogP contribution in [0.2, 0.25) is 0 Å². The number of hydrogen-bond donors (Lipinski definition) is 1. The number of benzene rings is 1. The molecular weight excluding hydrogens is 427 g/mol. The number of anilines is 1. The molecule has 0 bridgehead atoms. The zero-order valence-electron chi connectivity index (χ0n) is 18.5. The predicted molar refractivity (Wildman–Crippen MR) is 119 cm³/mol. The van der Waals surface area contributed by atoms with E-state index in [9.17, 15) is 18.0 Å². The largest absolute Gasteiger partial charge is 0.319 e. The summed E-state index contributed by atoms with van der Waals surface area (Å²) in [5, 5.41) is 2.83. The van der Waals surface area contributed by atoms with Crippen molar-refractivity contribution in [3.8, 4) is 11.3 Å². The Morgan fingerprint density at radius 3 is 2.64 bits per heavy atom. The van der Waals surface area contributed by atoms with E-state index in [1.165, 1.54) is 31.9 Å². The smallest absolute Gasteiger partial charge is 0.274 e. The second-order valence-electron chi connectivity index (χ2n) is 9.53. The van der Waals surface area contributed by atoms with E-state index in [1.54, 1.807) is 12.4 Å². The summed E-state index contributed by atoms with van der Waals surface area (Å²) in [6, 6.07) is 6.44. The number of amides is 1. The van der Waals surface area contributed by atoms with Crippen LogP contribution in [0.3, 0.4) is 0 Å². The minimum absolute atomic E-state index is 0.139. The van der Waals surface area contributed by atoms with Gasteiger partial charge in [-0.2, -0.15) is 0 Å².